The summed E-state index contributed by atoms with van der Waals surface area (Å²) in [6.07, 6.45) is -1.12. The first kappa shape index (κ1) is 19.9. The van der Waals surface area contributed by atoms with Gasteiger partial charge in [-0.25, -0.2) is 0 Å². The van der Waals surface area contributed by atoms with Crippen molar-refractivity contribution in [3.05, 3.63) is 34.9 Å². The van der Waals surface area contributed by atoms with Crippen molar-refractivity contribution in [1.82, 2.24) is 15.5 Å². The number of piperidine rings is 1. The predicted octanol–water partition coefficient (Wildman–Crippen LogP) is 3.49. The molecule has 0 radical (unpaired) electrons. The molecule has 29 heavy (non-hydrogen) atoms. The lowest BCUT2D eigenvalue weighted by Crippen LogP contribution is -2.38. The van der Waals surface area contributed by atoms with Crippen LogP contribution in [0, 0.1) is 0 Å². The molecule has 9 heteroatoms. The summed E-state index contributed by atoms with van der Waals surface area (Å²) in [5, 5.41) is 25.7. The zero-order valence-corrected chi connectivity index (χ0v) is 15.9. The maximum Gasteiger partial charge on any atom is 0.416 e. The van der Waals surface area contributed by atoms with E-state index in [2.05, 4.69) is 20.8 Å². The zero-order chi connectivity index (χ0) is 20.4. The average Bonchev–Trinajstić information content (AvgIpc) is 2.76. The minimum absolute atomic E-state index is 0.0261. The number of ether oxygens (including phenoxy) is 1. The predicted molar refractivity (Wildman–Crippen MR) is 102 cm³/mol. The van der Waals surface area contributed by atoms with Crippen molar-refractivity contribution in [2.24, 2.45) is 0 Å². The zero-order valence-electron chi connectivity index (χ0n) is 15.9. The lowest BCUT2D eigenvalue weighted by Gasteiger charge is -2.24. The van der Waals surface area contributed by atoms with E-state index in [4.69, 9.17) is 4.74 Å². The largest absolute Gasteiger partial charge is 0.507 e. The first-order valence-electron chi connectivity index (χ1n) is 9.77. The first-order valence-corrected chi connectivity index (χ1v) is 9.77. The van der Waals surface area contributed by atoms with Crippen LogP contribution in [0.15, 0.2) is 18.2 Å². The van der Waals surface area contributed by atoms with Crippen LogP contribution >= 0.6 is 0 Å². The number of hydrogen-bond donors (Lipinski definition) is 3. The van der Waals surface area contributed by atoms with Crippen LogP contribution in [-0.4, -0.2) is 41.0 Å². The SMILES string of the molecule is Oc1cc(C(F)(F)F)cc2c1-c1nnc(NC3CCCNC3)cc1CCCOC2. The fraction of sp³-hybridized carbons (Fsp3) is 0.500. The van der Waals surface area contributed by atoms with Crippen LogP contribution in [0.3, 0.4) is 0 Å². The average molecular weight is 408 g/mol. The molecule has 0 saturated carbocycles. The van der Waals surface area contributed by atoms with Gasteiger partial charge in [-0.2, -0.15) is 13.2 Å². The molecule has 1 fully saturated rings. The van der Waals surface area contributed by atoms with Crippen molar-refractivity contribution < 1.29 is 23.0 Å². The van der Waals surface area contributed by atoms with E-state index in [1.807, 2.05) is 6.07 Å². The summed E-state index contributed by atoms with van der Waals surface area (Å²) in [7, 11) is 0. The molecule has 0 spiro atoms. The van der Waals surface area contributed by atoms with E-state index in [1.165, 1.54) is 0 Å². The summed E-state index contributed by atoms with van der Waals surface area (Å²) in [5.74, 6) is 0.165. The highest BCUT2D eigenvalue weighted by atomic mass is 19.4. The number of phenolic OH excluding ortho intramolecular Hbond substituents is 1. The Labute approximate surface area is 166 Å². The lowest BCUT2D eigenvalue weighted by atomic mass is 9.96. The van der Waals surface area contributed by atoms with Crippen LogP contribution in [0.4, 0.5) is 19.0 Å². The molecule has 2 aromatic rings. The lowest BCUT2D eigenvalue weighted by molar-refractivity contribution is -0.137. The molecule has 1 saturated heterocycles. The molecule has 0 amide bonds. The van der Waals surface area contributed by atoms with Gasteiger partial charge in [-0.1, -0.05) is 0 Å². The van der Waals surface area contributed by atoms with Crippen LogP contribution in [0.5, 0.6) is 5.75 Å². The molecule has 2 aliphatic heterocycles. The summed E-state index contributed by atoms with van der Waals surface area (Å²) >= 11 is 0. The smallest absolute Gasteiger partial charge is 0.416 e. The molecule has 1 atom stereocenters. The van der Waals surface area contributed by atoms with Crippen molar-refractivity contribution in [2.75, 3.05) is 25.0 Å². The third-order valence-corrected chi connectivity index (χ3v) is 5.28. The van der Waals surface area contributed by atoms with Gasteiger partial charge < -0.3 is 20.5 Å². The number of alkyl halides is 3. The molecule has 1 aromatic carbocycles. The number of aromatic hydroxyl groups is 1. The highest BCUT2D eigenvalue weighted by molar-refractivity contribution is 5.74. The monoisotopic (exact) mass is 408 g/mol. The second-order valence-corrected chi connectivity index (χ2v) is 7.47. The third kappa shape index (κ3) is 4.45. The van der Waals surface area contributed by atoms with E-state index in [-0.39, 0.29) is 23.8 Å². The second kappa shape index (κ2) is 8.16. The van der Waals surface area contributed by atoms with Gasteiger partial charge in [-0.05, 0) is 61.6 Å². The molecule has 3 heterocycles. The summed E-state index contributed by atoms with van der Waals surface area (Å²) in [4.78, 5) is 0. The van der Waals surface area contributed by atoms with E-state index in [0.29, 0.717) is 31.0 Å². The van der Waals surface area contributed by atoms with Crippen molar-refractivity contribution in [3.63, 3.8) is 0 Å². The van der Waals surface area contributed by atoms with Crippen LogP contribution in [0.2, 0.25) is 0 Å². The van der Waals surface area contributed by atoms with Crippen molar-refractivity contribution in [3.8, 4) is 17.0 Å². The Balaban J connectivity index is 1.73. The number of halogens is 3. The van der Waals surface area contributed by atoms with E-state index >= 15 is 0 Å². The Morgan fingerprint density at radius 1 is 1.14 bits per heavy atom. The molecular weight excluding hydrogens is 385 g/mol. The standard InChI is InChI=1S/C20H23F3N4O2/c21-20(22,23)14-7-13-11-29-6-2-3-12-8-17(25-15-4-1-5-24-10-15)26-27-19(12)18(13)16(28)9-14/h7-9,15,24,28H,1-6,10-11H2,(H,25,26). The Morgan fingerprint density at radius 3 is 2.76 bits per heavy atom. The van der Waals surface area contributed by atoms with Gasteiger partial charge in [-0.3, -0.25) is 0 Å². The molecule has 1 unspecified atom stereocenters. The number of nitrogens with zero attached hydrogens (tertiary/aromatic N) is 2. The summed E-state index contributed by atoms with van der Waals surface area (Å²) in [6.45, 7) is 2.23. The highest BCUT2D eigenvalue weighted by Gasteiger charge is 2.33. The van der Waals surface area contributed by atoms with Crippen LogP contribution < -0.4 is 10.6 Å². The quantitative estimate of drug-likeness (QED) is 0.706. The fourth-order valence-corrected chi connectivity index (χ4v) is 3.87. The number of hydrogen-bond acceptors (Lipinski definition) is 6. The fourth-order valence-electron chi connectivity index (χ4n) is 3.87. The molecular formula is C20H23F3N4O2. The van der Waals surface area contributed by atoms with E-state index in [0.717, 1.165) is 43.6 Å². The summed E-state index contributed by atoms with van der Waals surface area (Å²) in [6, 6.07) is 3.89. The Hall–Kier alpha value is -2.39. The first-order chi connectivity index (χ1) is 13.9. The van der Waals surface area contributed by atoms with Gasteiger partial charge in [0.2, 0.25) is 0 Å². The molecule has 6 nitrogen and oxygen atoms in total. The number of aryl methyl sites for hydroxylation is 1. The minimum Gasteiger partial charge on any atom is -0.507 e. The topological polar surface area (TPSA) is 79.3 Å². The highest BCUT2D eigenvalue weighted by Crippen LogP contribution is 2.40. The van der Waals surface area contributed by atoms with E-state index in [1.54, 1.807) is 0 Å². The number of benzene rings is 1. The number of nitrogens with one attached hydrogen (secondary N) is 2. The van der Waals surface area contributed by atoms with Gasteiger partial charge in [-0.15, -0.1) is 10.2 Å². The Kier molecular flexibility index (Phi) is 5.60. The van der Waals surface area contributed by atoms with Gasteiger partial charge in [0.15, 0.2) is 0 Å². The third-order valence-electron chi connectivity index (χ3n) is 5.28. The molecule has 156 valence electrons. The minimum atomic E-state index is -4.55. The molecule has 3 N–H and O–H groups in total. The van der Waals surface area contributed by atoms with Gasteiger partial charge in [0.05, 0.1) is 12.2 Å². The molecule has 0 bridgehead atoms. The van der Waals surface area contributed by atoms with Crippen molar-refractivity contribution in [2.45, 2.75) is 44.5 Å². The van der Waals surface area contributed by atoms with Gasteiger partial charge in [0.25, 0.3) is 0 Å². The number of anilines is 1. The summed E-state index contributed by atoms with van der Waals surface area (Å²) in [5.41, 5.74) is 0.839. The van der Waals surface area contributed by atoms with Gasteiger partial charge >= 0.3 is 6.18 Å². The number of phenols is 1. The van der Waals surface area contributed by atoms with Crippen LogP contribution in [0.25, 0.3) is 11.3 Å². The Morgan fingerprint density at radius 2 is 2.00 bits per heavy atom. The van der Waals surface area contributed by atoms with E-state index < -0.39 is 17.5 Å². The second-order valence-electron chi connectivity index (χ2n) is 7.47. The van der Waals surface area contributed by atoms with Gasteiger partial charge in [0.1, 0.15) is 17.3 Å². The molecule has 1 aromatic heterocycles. The molecule has 4 rings (SSSR count). The van der Waals surface area contributed by atoms with E-state index in [9.17, 15) is 18.3 Å². The normalized spacial score (nSPS) is 20.0. The van der Waals surface area contributed by atoms with Crippen LogP contribution in [0.1, 0.15) is 36.0 Å². The number of fused-ring (bicyclic) bond motifs is 3. The number of aromatic nitrogens is 2. The maximum absolute atomic E-state index is 13.2. The van der Waals surface area contributed by atoms with Crippen molar-refractivity contribution >= 4 is 5.82 Å². The Bertz CT molecular complexity index is 883. The summed E-state index contributed by atoms with van der Waals surface area (Å²) < 4.78 is 45.1. The van der Waals surface area contributed by atoms with Crippen molar-refractivity contribution in [1.29, 1.82) is 0 Å². The number of rotatable bonds is 2. The molecule has 2 aliphatic rings. The molecule has 0 aliphatic carbocycles. The van der Waals surface area contributed by atoms with Gasteiger partial charge in [0, 0.05) is 24.8 Å². The van der Waals surface area contributed by atoms with Crippen LogP contribution in [-0.2, 0) is 23.9 Å². The maximum atomic E-state index is 13.2.